The second kappa shape index (κ2) is 12.8. The van der Waals surface area contributed by atoms with Crippen LogP contribution in [-0.4, -0.2) is 84.2 Å². The summed E-state index contributed by atoms with van der Waals surface area (Å²) in [6, 6.07) is 17.2. The maximum absolute atomic E-state index is 14.2. The van der Waals surface area contributed by atoms with E-state index in [1.165, 1.54) is 0 Å². The summed E-state index contributed by atoms with van der Waals surface area (Å²) in [5.74, 6) is 1.38. The predicted octanol–water partition coefficient (Wildman–Crippen LogP) is 3.93. The maximum Gasteiger partial charge on any atom is 0.275 e. The Morgan fingerprint density at radius 2 is 1.95 bits per heavy atom. The van der Waals surface area contributed by atoms with Gasteiger partial charge in [0.15, 0.2) is 5.69 Å². The van der Waals surface area contributed by atoms with E-state index in [1.807, 2.05) is 64.1 Å². The number of amides is 1. The van der Waals surface area contributed by atoms with Crippen LogP contribution < -0.4 is 14.8 Å². The van der Waals surface area contributed by atoms with Crippen LogP contribution in [0.2, 0.25) is 0 Å². The first-order valence-electron chi connectivity index (χ1n) is 14.2. The van der Waals surface area contributed by atoms with E-state index in [4.69, 9.17) is 19.2 Å². The summed E-state index contributed by atoms with van der Waals surface area (Å²) in [5, 5.41) is 15.0. The van der Waals surface area contributed by atoms with Crippen molar-refractivity contribution in [3.8, 4) is 22.8 Å². The van der Waals surface area contributed by atoms with Gasteiger partial charge in [-0.25, -0.2) is 4.98 Å². The third-order valence-electron chi connectivity index (χ3n) is 8.10. The highest BCUT2D eigenvalue weighted by Gasteiger charge is 2.42. The number of carbonyl (C=O) groups excluding carboxylic acids is 1. The second-order valence-corrected chi connectivity index (χ2v) is 10.7. The second-order valence-electron chi connectivity index (χ2n) is 10.7. The minimum Gasteiger partial charge on any atom is -0.497 e. The molecule has 5 rings (SSSR count). The molecule has 0 radical (unpaired) electrons. The number of piperazine rings is 1. The smallest absolute Gasteiger partial charge is 0.275 e. The van der Waals surface area contributed by atoms with Gasteiger partial charge < -0.3 is 34.1 Å². The SMILES string of the molecule is COC[C@]1(O)CCCC[C@H]1n1cnc(C(=O)N2CCNC[C@H]2CCOc2cccc(OC)c2)c1-c1ccccc1. The normalized spacial score (nSPS) is 23.1. The summed E-state index contributed by atoms with van der Waals surface area (Å²) < 4.78 is 18.8. The zero-order chi connectivity index (χ0) is 28.0. The lowest BCUT2D eigenvalue weighted by Gasteiger charge is -2.41. The van der Waals surface area contributed by atoms with Crippen molar-refractivity contribution in [2.24, 2.45) is 0 Å². The number of imidazole rings is 1. The van der Waals surface area contributed by atoms with Gasteiger partial charge in [0.2, 0.25) is 0 Å². The molecule has 0 spiro atoms. The van der Waals surface area contributed by atoms with Gasteiger partial charge in [-0.1, -0.05) is 49.2 Å². The van der Waals surface area contributed by atoms with Crippen molar-refractivity contribution >= 4 is 5.91 Å². The monoisotopic (exact) mass is 548 g/mol. The number of aliphatic hydroxyl groups is 1. The van der Waals surface area contributed by atoms with Crippen LogP contribution in [0.25, 0.3) is 11.3 Å². The number of hydrogen-bond acceptors (Lipinski definition) is 7. The molecule has 1 aromatic heterocycles. The third-order valence-corrected chi connectivity index (χ3v) is 8.10. The molecule has 2 fully saturated rings. The van der Waals surface area contributed by atoms with E-state index in [0.717, 1.165) is 48.6 Å². The fourth-order valence-corrected chi connectivity index (χ4v) is 6.08. The number of aromatic nitrogens is 2. The molecule has 1 amide bonds. The fraction of sp³-hybridized carbons (Fsp3) is 0.484. The van der Waals surface area contributed by atoms with Gasteiger partial charge in [0.1, 0.15) is 17.1 Å². The van der Waals surface area contributed by atoms with Gasteiger partial charge in [0.05, 0.1) is 38.4 Å². The minimum absolute atomic E-state index is 0.0410. The molecule has 2 heterocycles. The molecular formula is C31H40N4O5. The predicted molar refractivity (Wildman–Crippen MR) is 153 cm³/mol. The van der Waals surface area contributed by atoms with E-state index < -0.39 is 5.60 Å². The Morgan fingerprint density at radius 3 is 2.75 bits per heavy atom. The molecule has 0 unspecified atom stereocenters. The number of nitrogens with one attached hydrogen (secondary N) is 1. The summed E-state index contributed by atoms with van der Waals surface area (Å²) in [4.78, 5) is 20.8. The van der Waals surface area contributed by atoms with Crippen LogP contribution in [0.1, 0.15) is 48.6 Å². The molecular weight excluding hydrogens is 508 g/mol. The van der Waals surface area contributed by atoms with Crippen molar-refractivity contribution in [2.45, 2.75) is 49.8 Å². The molecule has 3 aromatic rings. The molecule has 2 aliphatic rings. The number of methoxy groups -OCH3 is 2. The summed E-state index contributed by atoms with van der Waals surface area (Å²) >= 11 is 0. The van der Waals surface area contributed by atoms with E-state index in [-0.39, 0.29) is 24.6 Å². The quantitative estimate of drug-likeness (QED) is 0.396. The molecule has 2 aromatic carbocycles. The highest BCUT2D eigenvalue weighted by Crippen LogP contribution is 2.41. The molecule has 1 saturated carbocycles. The van der Waals surface area contributed by atoms with Crippen molar-refractivity contribution in [1.29, 1.82) is 0 Å². The Balaban J connectivity index is 1.41. The number of benzene rings is 2. The molecule has 9 heteroatoms. The minimum atomic E-state index is -1.02. The molecule has 214 valence electrons. The van der Waals surface area contributed by atoms with Gasteiger partial charge in [0, 0.05) is 50.8 Å². The summed E-state index contributed by atoms with van der Waals surface area (Å²) in [6.45, 7) is 2.69. The van der Waals surface area contributed by atoms with E-state index >= 15 is 0 Å². The van der Waals surface area contributed by atoms with Gasteiger partial charge in [-0.05, 0) is 25.0 Å². The lowest BCUT2D eigenvalue weighted by atomic mass is 9.80. The van der Waals surface area contributed by atoms with Crippen molar-refractivity contribution in [1.82, 2.24) is 19.8 Å². The molecule has 1 aliphatic carbocycles. The molecule has 9 nitrogen and oxygen atoms in total. The van der Waals surface area contributed by atoms with Gasteiger partial charge in [-0.15, -0.1) is 0 Å². The molecule has 3 atom stereocenters. The van der Waals surface area contributed by atoms with Crippen LogP contribution in [-0.2, 0) is 4.74 Å². The number of hydrogen-bond donors (Lipinski definition) is 2. The van der Waals surface area contributed by atoms with Gasteiger partial charge in [-0.2, -0.15) is 0 Å². The number of carbonyl (C=O) groups is 1. The molecule has 2 N–H and O–H groups in total. The van der Waals surface area contributed by atoms with E-state index in [1.54, 1.807) is 20.5 Å². The van der Waals surface area contributed by atoms with Crippen LogP contribution in [0.3, 0.4) is 0 Å². The highest BCUT2D eigenvalue weighted by atomic mass is 16.5. The zero-order valence-electron chi connectivity index (χ0n) is 23.4. The molecule has 1 aliphatic heterocycles. The summed E-state index contributed by atoms with van der Waals surface area (Å²) in [6.07, 6.45) is 5.79. The maximum atomic E-state index is 14.2. The molecule has 1 saturated heterocycles. The van der Waals surface area contributed by atoms with Crippen molar-refractivity contribution < 1.29 is 24.1 Å². The van der Waals surface area contributed by atoms with Crippen LogP contribution in [0.5, 0.6) is 11.5 Å². The fourth-order valence-electron chi connectivity index (χ4n) is 6.08. The first kappa shape index (κ1) is 28.1. The number of nitrogens with zero attached hydrogens (tertiary/aromatic N) is 3. The summed E-state index contributed by atoms with van der Waals surface area (Å²) in [7, 11) is 3.25. The lowest BCUT2D eigenvalue weighted by molar-refractivity contribution is -0.0893. The molecule has 0 bridgehead atoms. The first-order chi connectivity index (χ1) is 19.5. The Kier molecular flexibility index (Phi) is 9.04. The van der Waals surface area contributed by atoms with Crippen LogP contribution in [0, 0.1) is 0 Å². The Labute approximate surface area is 236 Å². The van der Waals surface area contributed by atoms with E-state index in [9.17, 15) is 9.90 Å². The van der Waals surface area contributed by atoms with Gasteiger partial charge in [0.25, 0.3) is 5.91 Å². The third kappa shape index (κ3) is 6.01. The van der Waals surface area contributed by atoms with Gasteiger partial charge >= 0.3 is 0 Å². The van der Waals surface area contributed by atoms with E-state index in [0.29, 0.717) is 38.2 Å². The number of rotatable bonds is 10. The molecule has 40 heavy (non-hydrogen) atoms. The summed E-state index contributed by atoms with van der Waals surface area (Å²) in [5.41, 5.74) is 1.04. The topological polar surface area (TPSA) is 98.1 Å². The Hall–Kier alpha value is -3.40. The Bertz CT molecular complexity index is 1260. The standard InChI is InChI=1S/C31H40N4O5/c1-38-21-31(37)15-7-6-13-27(31)35-22-33-28(29(35)23-9-4-3-5-10-23)30(36)34-17-16-32-20-24(34)14-18-40-26-12-8-11-25(19-26)39-2/h3-5,8-12,19,22,24,27,32,37H,6-7,13-18,20-21H2,1-2H3/t24-,27-,31-/m1/s1. The average Bonchev–Trinajstić information content (AvgIpc) is 3.42. The van der Waals surface area contributed by atoms with E-state index in [2.05, 4.69) is 5.32 Å². The van der Waals surface area contributed by atoms with Crippen molar-refractivity contribution in [2.75, 3.05) is 47.1 Å². The highest BCUT2D eigenvalue weighted by molar-refractivity contribution is 5.98. The van der Waals surface area contributed by atoms with Crippen LogP contribution in [0.4, 0.5) is 0 Å². The largest absolute Gasteiger partial charge is 0.497 e. The average molecular weight is 549 g/mol. The first-order valence-corrected chi connectivity index (χ1v) is 14.2. The zero-order valence-corrected chi connectivity index (χ0v) is 23.4. The van der Waals surface area contributed by atoms with Crippen LogP contribution >= 0.6 is 0 Å². The van der Waals surface area contributed by atoms with Crippen molar-refractivity contribution in [3.05, 3.63) is 66.6 Å². The van der Waals surface area contributed by atoms with Crippen molar-refractivity contribution in [3.63, 3.8) is 0 Å². The lowest BCUT2D eigenvalue weighted by Crippen LogP contribution is -2.54. The van der Waals surface area contributed by atoms with Gasteiger partial charge in [-0.3, -0.25) is 4.79 Å². The Morgan fingerprint density at radius 1 is 1.12 bits per heavy atom. The van der Waals surface area contributed by atoms with Crippen LogP contribution in [0.15, 0.2) is 60.9 Å². The number of ether oxygens (including phenoxy) is 3.